The lowest BCUT2D eigenvalue weighted by Crippen LogP contribution is -2.44. The SMILES string of the molecule is CCN1CCOC(COc2ccccc2[C@H](C)O)C1. The number of nitrogens with zero attached hydrogens (tertiary/aromatic N) is 1. The largest absolute Gasteiger partial charge is 0.490 e. The molecule has 0 radical (unpaired) electrons. The third-order valence-electron chi connectivity index (χ3n) is 3.46. The Balaban J connectivity index is 1.91. The number of likely N-dealkylation sites (N-methyl/N-ethyl adjacent to an activating group) is 1. The highest BCUT2D eigenvalue weighted by atomic mass is 16.5. The van der Waals surface area contributed by atoms with Gasteiger partial charge in [-0.3, -0.25) is 4.90 Å². The molecule has 0 bridgehead atoms. The first-order valence-electron chi connectivity index (χ1n) is 6.94. The maximum Gasteiger partial charge on any atom is 0.125 e. The molecule has 4 nitrogen and oxygen atoms in total. The first-order chi connectivity index (χ1) is 9.20. The number of rotatable bonds is 5. The van der Waals surface area contributed by atoms with Gasteiger partial charge in [0, 0.05) is 18.7 Å². The molecule has 0 saturated carbocycles. The molecule has 0 aromatic heterocycles. The lowest BCUT2D eigenvalue weighted by Gasteiger charge is -2.32. The number of aliphatic hydroxyl groups excluding tert-OH is 1. The minimum Gasteiger partial charge on any atom is -0.490 e. The molecule has 1 aromatic rings. The molecule has 1 fully saturated rings. The van der Waals surface area contributed by atoms with Crippen molar-refractivity contribution in [3.8, 4) is 5.75 Å². The molecule has 4 heteroatoms. The summed E-state index contributed by atoms with van der Waals surface area (Å²) in [7, 11) is 0. The second-order valence-corrected chi connectivity index (χ2v) is 4.91. The zero-order valence-electron chi connectivity index (χ0n) is 11.7. The molecule has 2 rings (SSSR count). The number of ether oxygens (including phenoxy) is 2. The quantitative estimate of drug-likeness (QED) is 0.882. The van der Waals surface area contributed by atoms with Gasteiger partial charge in [0.15, 0.2) is 0 Å². The van der Waals surface area contributed by atoms with E-state index in [1.165, 1.54) is 0 Å². The van der Waals surface area contributed by atoms with Crippen LogP contribution in [-0.4, -0.2) is 49.0 Å². The molecule has 19 heavy (non-hydrogen) atoms. The number of morpholine rings is 1. The Morgan fingerprint density at radius 2 is 2.26 bits per heavy atom. The summed E-state index contributed by atoms with van der Waals surface area (Å²) >= 11 is 0. The molecule has 0 amide bonds. The van der Waals surface area contributed by atoms with Crippen molar-refractivity contribution in [3.05, 3.63) is 29.8 Å². The van der Waals surface area contributed by atoms with Crippen LogP contribution < -0.4 is 4.74 Å². The van der Waals surface area contributed by atoms with Crippen molar-refractivity contribution in [1.82, 2.24) is 4.90 Å². The Kier molecular flexibility index (Phi) is 5.19. The van der Waals surface area contributed by atoms with E-state index in [9.17, 15) is 5.11 Å². The molecule has 1 unspecified atom stereocenters. The van der Waals surface area contributed by atoms with Crippen LogP contribution >= 0.6 is 0 Å². The smallest absolute Gasteiger partial charge is 0.125 e. The van der Waals surface area contributed by atoms with E-state index >= 15 is 0 Å². The number of hydrogen-bond donors (Lipinski definition) is 1. The molecule has 1 aliphatic rings. The Morgan fingerprint density at radius 1 is 1.47 bits per heavy atom. The highest BCUT2D eigenvalue weighted by Gasteiger charge is 2.20. The number of hydrogen-bond acceptors (Lipinski definition) is 4. The van der Waals surface area contributed by atoms with Crippen LogP contribution in [0, 0.1) is 0 Å². The van der Waals surface area contributed by atoms with Gasteiger partial charge in [-0.25, -0.2) is 0 Å². The van der Waals surface area contributed by atoms with Gasteiger partial charge in [-0.1, -0.05) is 25.1 Å². The molecular weight excluding hydrogens is 242 g/mol. The van der Waals surface area contributed by atoms with Crippen LogP contribution in [0.2, 0.25) is 0 Å². The zero-order chi connectivity index (χ0) is 13.7. The van der Waals surface area contributed by atoms with E-state index < -0.39 is 6.10 Å². The first kappa shape index (κ1) is 14.3. The van der Waals surface area contributed by atoms with E-state index in [1.807, 2.05) is 24.3 Å². The van der Waals surface area contributed by atoms with E-state index in [2.05, 4.69) is 11.8 Å². The van der Waals surface area contributed by atoms with Crippen LogP contribution in [0.3, 0.4) is 0 Å². The van der Waals surface area contributed by atoms with Crippen molar-refractivity contribution in [2.45, 2.75) is 26.1 Å². The molecule has 1 aliphatic heterocycles. The van der Waals surface area contributed by atoms with Crippen molar-refractivity contribution in [2.24, 2.45) is 0 Å². The lowest BCUT2D eigenvalue weighted by molar-refractivity contribution is -0.0467. The fraction of sp³-hybridized carbons (Fsp3) is 0.600. The van der Waals surface area contributed by atoms with Crippen molar-refractivity contribution < 1.29 is 14.6 Å². The number of benzene rings is 1. The summed E-state index contributed by atoms with van der Waals surface area (Å²) in [5, 5.41) is 9.70. The Morgan fingerprint density at radius 3 is 3.00 bits per heavy atom. The summed E-state index contributed by atoms with van der Waals surface area (Å²) in [4.78, 5) is 2.36. The minimum absolute atomic E-state index is 0.107. The van der Waals surface area contributed by atoms with Crippen LogP contribution in [0.15, 0.2) is 24.3 Å². The van der Waals surface area contributed by atoms with Crippen molar-refractivity contribution >= 4 is 0 Å². The maximum atomic E-state index is 9.70. The standard InChI is InChI=1S/C15H23NO3/c1-3-16-8-9-18-13(10-16)11-19-15-7-5-4-6-14(15)12(2)17/h4-7,12-13,17H,3,8-11H2,1-2H3/t12-,13?/m0/s1. The van der Waals surface area contributed by atoms with Crippen LogP contribution in [0.1, 0.15) is 25.5 Å². The summed E-state index contributed by atoms with van der Waals surface area (Å²) in [6.07, 6.45) is -0.411. The molecule has 0 aliphatic carbocycles. The Labute approximate surface area is 114 Å². The first-order valence-corrected chi connectivity index (χ1v) is 6.94. The van der Waals surface area contributed by atoms with Crippen LogP contribution in [0.4, 0.5) is 0 Å². The topological polar surface area (TPSA) is 41.9 Å². The van der Waals surface area contributed by atoms with Gasteiger partial charge in [-0.15, -0.1) is 0 Å². The summed E-state index contributed by atoms with van der Waals surface area (Å²) in [6.45, 7) is 8.15. The van der Waals surface area contributed by atoms with E-state index in [0.717, 1.165) is 37.6 Å². The van der Waals surface area contributed by atoms with E-state index in [0.29, 0.717) is 6.61 Å². The van der Waals surface area contributed by atoms with Gasteiger partial charge in [0.1, 0.15) is 18.5 Å². The summed E-state index contributed by atoms with van der Waals surface area (Å²) in [6, 6.07) is 7.61. The fourth-order valence-electron chi connectivity index (χ4n) is 2.31. The van der Waals surface area contributed by atoms with E-state index in [1.54, 1.807) is 6.92 Å². The van der Waals surface area contributed by atoms with Gasteiger partial charge < -0.3 is 14.6 Å². The van der Waals surface area contributed by atoms with Gasteiger partial charge in [0.05, 0.1) is 12.7 Å². The molecule has 1 saturated heterocycles. The summed E-state index contributed by atoms with van der Waals surface area (Å²) < 4.78 is 11.5. The number of aliphatic hydroxyl groups is 1. The van der Waals surface area contributed by atoms with Crippen LogP contribution in [0.25, 0.3) is 0 Å². The van der Waals surface area contributed by atoms with Gasteiger partial charge in [0.25, 0.3) is 0 Å². The fourth-order valence-corrected chi connectivity index (χ4v) is 2.31. The second-order valence-electron chi connectivity index (χ2n) is 4.91. The average molecular weight is 265 g/mol. The predicted molar refractivity (Wildman–Crippen MR) is 74.4 cm³/mol. The van der Waals surface area contributed by atoms with Gasteiger partial charge in [0.2, 0.25) is 0 Å². The molecule has 1 aromatic carbocycles. The highest BCUT2D eigenvalue weighted by molar-refractivity contribution is 5.34. The minimum atomic E-state index is -0.518. The van der Waals surface area contributed by atoms with Gasteiger partial charge in [-0.2, -0.15) is 0 Å². The Bertz CT molecular complexity index is 395. The van der Waals surface area contributed by atoms with Crippen molar-refractivity contribution in [2.75, 3.05) is 32.8 Å². The highest BCUT2D eigenvalue weighted by Crippen LogP contribution is 2.24. The molecule has 2 atom stereocenters. The molecule has 106 valence electrons. The molecule has 1 heterocycles. The van der Waals surface area contributed by atoms with Gasteiger partial charge >= 0.3 is 0 Å². The number of para-hydroxylation sites is 1. The van der Waals surface area contributed by atoms with Crippen LogP contribution in [0.5, 0.6) is 5.75 Å². The third kappa shape index (κ3) is 3.93. The Hall–Kier alpha value is -1.10. The zero-order valence-corrected chi connectivity index (χ0v) is 11.7. The lowest BCUT2D eigenvalue weighted by atomic mass is 10.1. The van der Waals surface area contributed by atoms with E-state index in [-0.39, 0.29) is 6.10 Å². The van der Waals surface area contributed by atoms with Crippen LogP contribution in [-0.2, 0) is 4.74 Å². The summed E-state index contributed by atoms with van der Waals surface area (Å²) in [5.74, 6) is 0.745. The summed E-state index contributed by atoms with van der Waals surface area (Å²) in [5.41, 5.74) is 0.825. The second kappa shape index (κ2) is 6.89. The average Bonchev–Trinajstić information content (AvgIpc) is 2.45. The monoisotopic (exact) mass is 265 g/mol. The molecule has 1 N–H and O–H groups in total. The third-order valence-corrected chi connectivity index (χ3v) is 3.46. The maximum absolute atomic E-state index is 9.70. The van der Waals surface area contributed by atoms with Crippen molar-refractivity contribution in [1.29, 1.82) is 0 Å². The van der Waals surface area contributed by atoms with Gasteiger partial charge in [-0.05, 0) is 19.5 Å². The molecular formula is C15H23NO3. The predicted octanol–water partition coefficient (Wildman–Crippen LogP) is 1.84. The normalized spacial score (nSPS) is 22.2. The van der Waals surface area contributed by atoms with E-state index in [4.69, 9.17) is 9.47 Å². The molecule has 0 spiro atoms. The van der Waals surface area contributed by atoms with Crippen molar-refractivity contribution in [3.63, 3.8) is 0 Å².